The Balaban J connectivity index is 1.69. The summed E-state index contributed by atoms with van der Waals surface area (Å²) in [5, 5.41) is 12.1. The monoisotopic (exact) mass is 234 g/mol. The van der Waals surface area contributed by atoms with Crippen LogP contribution in [0.1, 0.15) is 41.7 Å². The van der Waals surface area contributed by atoms with Crippen molar-refractivity contribution in [3.05, 3.63) is 29.6 Å². The standard InChI is InChI=1S/C13H18N2O2/c16-13(17)11-4-5-12(15-8-11)9-14-7-6-10-2-1-3-10/h4-5,8,10,14H,1-3,6-7,9H2,(H,16,17). The lowest BCUT2D eigenvalue weighted by molar-refractivity contribution is 0.0696. The van der Waals surface area contributed by atoms with Crippen molar-refractivity contribution in [1.29, 1.82) is 0 Å². The maximum Gasteiger partial charge on any atom is 0.337 e. The first-order valence-electron chi connectivity index (χ1n) is 6.14. The first-order chi connectivity index (χ1) is 8.25. The van der Waals surface area contributed by atoms with Gasteiger partial charge in [-0.3, -0.25) is 4.98 Å². The molecule has 1 aromatic rings. The van der Waals surface area contributed by atoms with E-state index in [4.69, 9.17) is 5.11 Å². The zero-order valence-electron chi connectivity index (χ0n) is 9.85. The van der Waals surface area contributed by atoms with Crippen LogP contribution in [-0.2, 0) is 6.54 Å². The normalized spacial score (nSPS) is 15.5. The van der Waals surface area contributed by atoms with Gasteiger partial charge in [0.2, 0.25) is 0 Å². The molecule has 1 saturated carbocycles. The molecular formula is C13H18N2O2. The highest BCUT2D eigenvalue weighted by Crippen LogP contribution is 2.28. The van der Waals surface area contributed by atoms with Crippen LogP contribution in [0.3, 0.4) is 0 Å². The zero-order chi connectivity index (χ0) is 12.1. The Morgan fingerprint density at radius 1 is 1.47 bits per heavy atom. The molecule has 0 bridgehead atoms. The average molecular weight is 234 g/mol. The Labute approximate surface area is 101 Å². The minimum atomic E-state index is -0.929. The SMILES string of the molecule is O=C(O)c1ccc(CNCCC2CCC2)nc1. The van der Waals surface area contributed by atoms with Crippen molar-refractivity contribution in [2.45, 2.75) is 32.2 Å². The molecular weight excluding hydrogens is 216 g/mol. The molecule has 0 amide bonds. The highest BCUT2D eigenvalue weighted by molar-refractivity contribution is 5.87. The van der Waals surface area contributed by atoms with Crippen LogP contribution in [0.5, 0.6) is 0 Å². The first-order valence-corrected chi connectivity index (χ1v) is 6.14. The third-order valence-corrected chi connectivity index (χ3v) is 3.33. The van der Waals surface area contributed by atoms with Gasteiger partial charge >= 0.3 is 5.97 Å². The summed E-state index contributed by atoms with van der Waals surface area (Å²) in [5.41, 5.74) is 1.13. The molecule has 0 spiro atoms. The molecule has 1 aromatic heterocycles. The van der Waals surface area contributed by atoms with Crippen molar-refractivity contribution < 1.29 is 9.90 Å². The fraction of sp³-hybridized carbons (Fsp3) is 0.538. The van der Waals surface area contributed by atoms with E-state index in [0.29, 0.717) is 6.54 Å². The summed E-state index contributed by atoms with van der Waals surface area (Å²) in [6, 6.07) is 3.36. The zero-order valence-corrected chi connectivity index (χ0v) is 9.85. The Bertz CT molecular complexity index is 372. The molecule has 2 rings (SSSR count). The molecule has 1 fully saturated rings. The minimum Gasteiger partial charge on any atom is -0.478 e. The van der Waals surface area contributed by atoms with Gasteiger partial charge in [-0.25, -0.2) is 4.79 Å². The van der Waals surface area contributed by atoms with Crippen LogP contribution in [0, 0.1) is 5.92 Å². The van der Waals surface area contributed by atoms with Crippen molar-refractivity contribution in [3.8, 4) is 0 Å². The smallest absolute Gasteiger partial charge is 0.337 e. The van der Waals surface area contributed by atoms with E-state index in [-0.39, 0.29) is 5.56 Å². The fourth-order valence-corrected chi connectivity index (χ4v) is 1.96. The second kappa shape index (κ2) is 5.77. The predicted molar refractivity (Wildman–Crippen MR) is 64.9 cm³/mol. The van der Waals surface area contributed by atoms with Crippen LogP contribution in [0.2, 0.25) is 0 Å². The van der Waals surface area contributed by atoms with Crippen molar-refractivity contribution in [1.82, 2.24) is 10.3 Å². The van der Waals surface area contributed by atoms with Crippen LogP contribution >= 0.6 is 0 Å². The lowest BCUT2D eigenvalue weighted by Crippen LogP contribution is -2.21. The van der Waals surface area contributed by atoms with Crippen LogP contribution in [0.25, 0.3) is 0 Å². The molecule has 0 saturated heterocycles. The molecule has 4 nitrogen and oxygen atoms in total. The van der Waals surface area contributed by atoms with E-state index < -0.39 is 5.97 Å². The van der Waals surface area contributed by atoms with Crippen molar-refractivity contribution in [2.24, 2.45) is 5.92 Å². The van der Waals surface area contributed by atoms with Gasteiger partial charge in [-0.1, -0.05) is 19.3 Å². The number of carboxylic acid groups (broad SMARTS) is 1. The molecule has 0 atom stereocenters. The predicted octanol–water partition coefficient (Wildman–Crippen LogP) is 2.06. The quantitative estimate of drug-likeness (QED) is 0.740. The lowest BCUT2D eigenvalue weighted by atomic mass is 9.83. The Morgan fingerprint density at radius 2 is 2.29 bits per heavy atom. The second-order valence-electron chi connectivity index (χ2n) is 4.61. The van der Waals surface area contributed by atoms with Crippen LogP contribution in [0.4, 0.5) is 0 Å². The summed E-state index contributed by atoms with van der Waals surface area (Å²) < 4.78 is 0. The van der Waals surface area contributed by atoms with Crippen LogP contribution in [0.15, 0.2) is 18.3 Å². The van der Waals surface area contributed by atoms with Gasteiger partial charge in [0.25, 0.3) is 0 Å². The molecule has 0 aromatic carbocycles. The van der Waals surface area contributed by atoms with Crippen LogP contribution < -0.4 is 5.32 Å². The maximum atomic E-state index is 10.6. The summed E-state index contributed by atoms with van der Waals surface area (Å²) in [6.45, 7) is 1.74. The van der Waals surface area contributed by atoms with Crippen molar-refractivity contribution in [3.63, 3.8) is 0 Å². The average Bonchev–Trinajstić information content (AvgIpc) is 2.27. The number of nitrogens with one attached hydrogen (secondary N) is 1. The third kappa shape index (κ3) is 3.53. The van der Waals surface area contributed by atoms with Gasteiger partial charge in [0.15, 0.2) is 0 Å². The van der Waals surface area contributed by atoms with Crippen molar-refractivity contribution >= 4 is 5.97 Å². The number of pyridine rings is 1. The number of carbonyl (C=O) groups is 1. The molecule has 1 aliphatic rings. The number of carboxylic acids is 1. The summed E-state index contributed by atoms with van der Waals surface area (Å²) in [5.74, 6) is -0.00756. The van der Waals surface area contributed by atoms with E-state index in [1.54, 1.807) is 12.1 Å². The van der Waals surface area contributed by atoms with Gasteiger partial charge in [0.05, 0.1) is 11.3 Å². The van der Waals surface area contributed by atoms with Gasteiger partial charge in [0.1, 0.15) is 0 Å². The van der Waals surface area contributed by atoms with E-state index in [9.17, 15) is 4.79 Å². The molecule has 0 radical (unpaired) electrons. The topological polar surface area (TPSA) is 62.2 Å². The minimum absolute atomic E-state index is 0.239. The Morgan fingerprint density at radius 3 is 2.82 bits per heavy atom. The molecule has 92 valence electrons. The Hall–Kier alpha value is -1.42. The second-order valence-corrected chi connectivity index (χ2v) is 4.61. The number of hydrogen-bond acceptors (Lipinski definition) is 3. The number of aromatic nitrogens is 1. The van der Waals surface area contributed by atoms with E-state index in [1.807, 2.05) is 0 Å². The van der Waals surface area contributed by atoms with E-state index in [1.165, 1.54) is 31.9 Å². The fourth-order valence-electron chi connectivity index (χ4n) is 1.96. The number of aromatic carboxylic acids is 1. The summed E-state index contributed by atoms with van der Waals surface area (Å²) >= 11 is 0. The van der Waals surface area contributed by atoms with Crippen LogP contribution in [-0.4, -0.2) is 22.6 Å². The van der Waals surface area contributed by atoms with E-state index >= 15 is 0 Å². The van der Waals surface area contributed by atoms with Gasteiger partial charge in [0, 0.05) is 12.7 Å². The summed E-state index contributed by atoms with van der Waals surface area (Å²) in [7, 11) is 0. The molecule has 0 aliphatic heterocycles. The molecule has 1 aliphatic carbocycles. The molecule has 0 unspecified atom stereocenters. The summed E-state index contributed by atoms with van der Waals surface area (Å²) in [4.78, 5) is 14.7. The molecule has 1 heterocycles. The number of hydrogen-bond donors (Lipinski definition) is 2. The molecule has 2 N–H and O–H groups in total. The molecule has 4 heteroatoms. The van der Waals surface area contributed by atoms with Gasteiger partial charge < -0.3 is 10.4 Å². The van der Waals surface area contributed by atoms with Gasteiger partial charge in [-0.15, -0.1) is 0 Å². The highest BCUT2D eigenvalue weighted by Gasteiger charge is 2.16. The van der Waals surface area contributed by atoms with E-state index in [0.717, 1.165) is 18.2 Å². The Kier molecular flexibility index (Phi) is 4.09. The highest BCUT2D eigenvalue weighted by atomic mass is 16.4. The third-order valence-electron chi connectivity index (χ3n) is 3.33. The lowest BCUT2D eigenvalue weighted by Gasteiger charge is -2.25. The summed E-state index contributed by atoms with van der Waals surface area (Å²) in [6.07, 6.45) is 6.81. The first kappa shape index (κ1) is 12.0. The number of nitrogens with zero attached hydrogens (tertiary/aromatic N) is 1. The number of rotatable bonds is 6. The van der Waals surface area contributed by atoms with E-state index in [2.05, 4.69) is 10.3 Å². The van der Waals surface area contributed by atoms with Gasteiger partial charge in [-0.05, 0) is 31.0 Å². The largest absolute Gasteiger partial charge is 0.478 e. The van der Waals surface area contributed by atoms with Gasteiger partial charge in [-0.2, -0.15) is 0 Å². The molecule has 17 heavy (non-hydrogen) atoms. The maximum absolute atomic E-state index is 10.6. The van der Waals surface area contributed by atoms with Crippen molar-refractivity contribution in [2.75, 3.05) is 6.54 Å².